The van der Waals surface area contributed by atoms with Crippen LogP contribution in [0.3, 0.4) is 0 Å². The monoisotopic (exact) mass is 199 g/mol. The second-order valence-electron chi connectivity index (χ2n) is 4.49. The molecular formula is C12H25NO. The molecule has 1 rings (SSSR count). The molecule has 0 saturated heterocycles. The average Bonchev–Trinajstić information content (AvgIpc) is 2.46. The summed E-state index contributed by atoms with van der Waals surface area (Å²) >= 11 is 0. The van der Waals surface area contributed by atoms with Crippen molar-refractivity contribution in [2.24, 2.45) is 11.7 Å². The molecule has 0 aliphatic heterocycles. The van der Waals surface area contributed by atoms with Gasteiger partial charge in [-0.15, -0.1) is 0 Å². The molecule has 1 atom stereocenters. The second kappa shape index (κ2) is 7.24. The van der Waals surface area contributed by atoms with Gasteiger partial charge in [-0.1, -0.05) is 32.6 Å². The SMILES string of the molecule is CCCOCC(N)C1CCCCCC1. The normalized spacial score (nSPS) is 21.9. The van der Waals surface area contributed by atoms with Gasteiger partial charge >= 0.3 is 0 Å². The van der Waals surface area contributed by atoms with E-state index in [-0.39, 0.29) is 6.04 Å². The molecule has 0 spiro atoms. The van der Waals surface area contributed by atoms with Crippen molar-refractivity contribution in [1.82, 2.24) is 0 Å². The molecular weight excluding hydrogens is 174 g/mol. The lowest BCUT2D eigenvalue weighted by molar-refractivity contribution is 0.103. The number of hydrogen-bond donors (Lipinski definition) is 1. The second-order valence-corrected chi connectivity index (χ2v) is 4.49. The average molecular weight is 199 g/mol. The van der Waals surface area contributed by atoms with Crippen molar-refractivity contribution >= 4 is 0 Å². The highest BCUT2D eigenvalue weighted by Gasteiger charge is 2.19. The molecule has 1 saturated carbocycles. The molecule has 0 aromatic rings. The molecule has 0 heterocycles. The van der Waals surface area contributed by atoms with Gasteiger partial charge in [-0.3, -0.25) is 0 Å². The minimum absolute atomic E-state index is 0.277. The van der Waals surface area contributed by atoms with Crippen LogP contribution in [0.15, 0.2) is 0 Å². The van der Waals surface area contributed by atoms with E-state index in [1.807, 2.05) is 0 Å². The molecule has 0 amide bonds. The van der Waals surface area contributed by atoms with Crippen molar-refractivity contribution in [2.75, 3.05) is 13.2 Å². The lowest BCUT2D eigenvalue weighted by atomic mass is 9.93. The van der Waals surface area contributed by atoms with Gasteiger partial charge < -0.3 is 10.5 Å². The lowest BCUT2D eigenvalue weighted by Crippen LogP contribution is -2.34. The molecule has 1 unspecified atom stereocenters. The number of hydrogen-bond acceptors (Lipinski definition) is 2. The van der Waals surface area contributed by atoms with Crippen molar-refractivity contribution in [1.29, 1.82) is 0 Å². The fraction of sp³-hybridized carbons (Fsp3) is 1.00. The van der Waals surface area contributed by atoms with Crippen LogP contribution < -0.4 is 5.73 Å². The summed E-state index contributed by atoms with van der Waals surface area (Å²) in [5, 5.41) is 0. The van der Waals surface area contributed by atoms with Gasteiger partial charge in [-0.25, -0.2) is 0 Å². The fourth-order valence-electron chi connectivity index (χ4n) is 2.24. The maximum Gasteiger partial charge on any atom is 0.0620 e. The van der Waals surface area contributed by atoms with Crippen molar-refractivity contribution < 1.29 is 4.74 Å². The van der Waals surface area contributed by atoms with Crippen LogP contribution in [-0.4, -0.2) is 19.3 Å². The Kier molecular flexibility index (Phi) is 6.20. The van der Waals surface area contributed by atoms with Crippen LogP contribution >= 0.6 is 0 Å². The van der Waals surface area contributed by atoms with Gasteiger partial charge in [0.05, 0.1) is 6.61 Å². The maximum absolute atomic E-state index is 6.13. The minimum Gasteiger partial charge on any atom is -0.380 e. The van der Waals surface area contributed by atoms with Crippen LogP contribution in [0, 0.1) is 5.92 Å². The summed E-state index contributed by atoms with van der Waals surface area (Å²) in [6, 6.07) is 0.277. The Morgan fingerprint density at radius 1 is 1.21 bits per heavy atom. The van der Waals surface area contributed by atoms with Crippen molar-refractivity contribution in [3.63, 3.8) is 0 Å². The maximum atomic E-state index is 6.13. The summed E-state index contributed by atoms with van der Waals surface area (Å²) in [6.45, 7) is 3.76. The molecule has 14 heavy (non-hydrogen) atoms. The van der Waals surface area contributed by atoms with E-state index in [2.05, 4.69) is 6.92 Å². The van der Waals surface area contributed by atoms with Gasteiger partial charge in [0.1, 0.15) is 0 Å². The third kappa shape index (κ3) is 4.43. The Balaban J connectivity index is 2.16. The summed E-state index contributed by atoms with van der Waals surface area (Å²) in [6.07, 6.45) is 9.26. The van der Waals surface area contributed by atoms with Crippen molar-refractivity contribution in [3.8, 4) is 0 Å². The Labute approximate surface area is 88.2 Å². The van der Waals surface area contributed by atoms with Gasteiger partial charge in [0.15, 0.2) is 0 Å². The summed E-state index contributed by atoms with van der Waals surface area (Å²) in [5.41, 5.74) is 6.13. The highest BCUT2D eigenvalue weighted by molar-refractivity contribution is 4.75. The third-order valence-corrected chi connectivity index (χ3v) is 3.16. The quantitative estimate of drug-likeness (QED) is 0.546. The van der Waals surface area contributed by atoms with Gasteiger partial charge in [0.2, 0.25) is 0 Å². The fourth-order valence-corrected chi connectivity index (χ4v) is 2.24. The predicted molar refractivity (Wildman–Crippen MR) is 60.3 cm³/mol. The van der Waals surface area contributed by atoms with Gasteiger partial charge in [-0.2, -0.15) is 0 Å². The molecule has 0 radical (unpaired) electrons. The molecule has 2 nitrogen and oxygen atoms in total. The topological polar surface area (TPSA) is 35.2 Å². The Bertz CT molecular complexity index is 130. The molecule has 2 heteroatoms. The van der Waals surface area contributed by atoms with E-state index >= 15 is 0 Å². The standard InChI is InChI=1S/C12H25NO/c1-2-9-14-10-12(13)11-7-5-3-4-6-8-11/h11-12H,2-10,13H2,1H3. The lowest BCUT2D eigenvalue weighted by Gasteiger charge is -2.22. The van der Waals surface area contributed by atoms with Gasteiger partial charge in [0, 0.05) is 12.6 Å². The van der Waals surface area contributed by atoms with Gasteiger partial charge in [0.25, 0.3) is 0 Å². The van der Waals surface area contributed by atoms with E-state index in [9.17, 15) is 0 Å². The van der Waals surface area contributed by atoms with E-state index in [1.165, 1.54) is 38.5 Å². The van der Waals surface area contributed by atoms with Crippen LogP contribution in [0.25, 0.3) is 0 Å². The zero-order chi connectivity index (χ0) is 10.2. The molecule has 84 valence electrons. The number of nitrogens with two attached hydrogens (primary N) is 1. The molecule has 1 aliphatic carbocycles. The Morgan fingerprint density at radius 3 is 2.43 bits per heavy atom. The van der Waals surface area contributed by atoms with Gasteiger partial charge in [-0.05, 0) is 25.2 Å². The highest BCUT2D eigenvalue weighted by Crippen LogP contribution is 2.24. The summed E-state index contributed by atoms with van der Waals surface area (Å²) in [4.78, 5) is 0. The first-order chi connectivity index (χ1) is 6.84. The number of rotatable bonds is 5. The first-order valence-corrected chi connectivity index (χ1v) is 6.18. The third-order valence-electron chi connectivity index (χ3n) is 3.16. The number of ether oxygens (including phenoxy) is 1. The van der Waals surface area contributed by atoms with Crippen molar-refractivity contribution in [2.45, 2.75) is 57.9 Å². The zero-order valence-corrected chi connectivity index (χ0v) is 9.50. The largest absolute Gasteiger partial charge is 0.380 e. The van der Waals surface area contributed by atoms with Crippen LogP contribution in [0.4, 0.5) is 0 Å². The van der Waals surface area contributed by atoms with E-state index in [0.29, 0.717) is 5.92 Å². The summed E-state index contributed by atoms with van der Waals surface area (Å²) in [5.74, 6) is 0.717. The van der Waals surface area contributed by atoms with Crippen LogP contribution in [-0.2, 0) is 4.74 Å². The van der Waals surface area contributed by atoms with Crippen molar-refractivity contribution in [3.05, 3.63) is 0 Å². The summed E-state index contributed by atoms with van der Waals surface area (Å²) in [7, 11) is 0. The molecule has 0 aromatic carbocycles. The Hall–Kier alpha value is -0.0800. The van der Waals surface area contributed by atoms with E-state index in [4.69, 9.17) is 10.5 Å². The highest BCUT2D eigenvalue weighted by atomic mass is 16.5. The van der Waals surface area contributed by atoms with Crippen LogP contribution in [0.2, 0.25) is 0 Å². The van der Waals surface area contributed by atoms with E-state index in [0.717, 1.165) is 19.6 Å². The van der Waals surface area contributed by atoms with E-state index < -0.39 is 0 Å². The zero-order valence-electron chi connectivity index (χ0n) is 9.50. The smallest absolute Gasteiger partial charge is 0.0620 e. The van der Waals surface area contributed by atoms with Crippen LogP contribution in [0.5, 0.6) is 0 Å². The first-order valence-electron chi connectivity index (χ1n) is 6.18. The molecule has 0 bridgehead atoms. The predicted octanol–water partition coefficient (Wildman–Crippen LogP) is 2.71. The molecule has 1 aliphatic rings. The molecule has 1 fully saturated rings. The molecule has 2 N–H and O–H groups in total. The van der Waals surface area contributed by atoms with Crippen LogP contribution in [0.1, 0.15) is 51.9 Å². The summed E-state index contributed by atoms with van der Waals surface area (Å²) < 4.78 is 5.51. The first kappa shape index (κ1) is 12.0. The molecule has 0 aromatic heterocycles. The minimum atomic E-state index is 0.277. The van der Waals surface area contributed by atoms with E-state index in [1.54, 1.807) is 0 Å². The Morgan fingerprint density at radius 2 is 1.86 bits per heavy atom.